The summed E-state index contributed by atoms with van der Waals surface area (Å²) in [6.45, 7) is 3.83. The van der Waals surface area contributed by atoms with Crippen molar-refractivity contribution < 1.29 is 0 Å². The van der Waals surface area contributed by atoms with E-state index in [2.05, 4.69) is 13.0 Å². The van der Waals surface area contributed by atoms with Gasteiger partial charge < -0.3 is 0 Å². The number of rotatable bonds is 1. The predicted molar refractivity (Wildman–Crippen MR) is 47.4 cm³/mol. The summed E-state index contributed by atoms with van der Waals surface area (Å²) in [5.41, 5.74) is 1.60. The minimum Gasteiger partial charge on any atom is -0.192 e. The lowest BCUT2D eigenvalue weighted by molar-refractivity contribution is 1.36. The SMILES string of the molecule is [CH2]c1cc(C#N)ccc1SC. The molecule has 0 aliphatic rings. The van der Waals surface area contributed by atoms with Crippen molar-refractivity contribution in [3.05, 3.63) is 36.2 Å². The molecule has 0 saturated carbocycles. The van der Waals surface area contributed by atoms with Crippen LogP contribution in [0.25, 0.3) is 0 Å². The van der Waals surface area contributed by atoms with Crippen LogP contribution in [-0.4, -0.2) is 6.26 Å². The summed E-state index contributed by atoms with van der Waals surface area (Å²) in [7, 11) is 0. The second kappa shape index (κ2) is 3.45. The zero-order valence-corrected chi connectivity index (χ0v) is 7.11. The van der Waals surface area contributed by atoms with Gasteiger partial charge in [0.2, 0.25) is 0 Å². The molecule has 55 valence electrons. The van der Waals surface area contributed by atoms with E-state index in [1.54, 1.807) is 23.9 Å². The molecule has 0 aromatic heterocycles. The van der Waals surface area contributed by atoms with E-state index in [9.17, 15) is 0 Å². The second-order valence-electron chi connectivity index (χ2n) is 2.14. The number of nitrogens with zero attached hydrogens (tertiary/aromatic N) is 1. The minimum atomic E-state index is 0.674. The van der Waals surface area contributed by atoms with Gasteiger partial charge in [-0.2, -0.15) is 5.26 Å². The van der Waals surface area contributed by atoms with Crippen molar-refractivity contribution in [2.45, 2.75) is 4.90 Å². The molecule has 0 spiro atoms. The first kappa shape index (κ1) is 8.16. The number of thioether (sulfide) groups is 1. The Morgan fingerprint density at radius 3 is 2.73 bits per heavy atom. The molecular formula is C9H8NS. The summed E-state index contributed by atoms with van der Waals surface area (Å²) < 4.78 is 0. The van der Waals surface area contributed by atoms with Crippen LogP contribution in [-0.2, 0) is 0 Å². The van der Waals surface area contributed by atoms with Crippen molar-refractivity contribution in [3.8, 4) is 6.07 Å². The normalized spacial score (nSPS) is 9.18. The van der Waals surface area contributed by atoms with Crippen molar-refractivity contribution in [3.63, 3.8) is 0 Å². The maximum Gasteiger partial charge on any atom is 0.0991 e. The Labute approximate surface area is 71.0 Å². The molecule has 0 heterocycles. The summed E-state index contributed by atoms with van der Waals surface area (Å²) >= 11 is 1.64. The van der Waals surface area contributed by atoms with Crippen molar-refractivity contribution in [1.82, 2.24) is 0 Å². The highest BCUT2D eigenvalue weighted by atomic mass is 32.2. The summed E-state index contributed by atoms with van der Waals surface area (Å²) in [5.74, 6) is 0. The number of benzene rings is 1. The first-order valence-corrected chi connectivity index (χ1v) is 4.40. The summed E-state index contributed by atoms with van der Waals surface area (Å²) in [6.07, 6.45) is 2.00. The monoisotopic (exact) mass is 162 g/mol. The minimum absolute atomic E-state index is 0.674. The van der Waals surface area contributed by atoms with Gasteiger partial charge in [0, 0.05) is 4.90 Å². The molecule has 0 fully saturated rings. The van der Waals surface area contributed by atoms with Crippen LogP contribution in [0.3, 0.4) is 0 Å². The highest BCUT2D eigenvalue weighted by Gasteiger charge is 1.96. The van der Waals surface area contributed by atoms with Gasteiger partial charge in [-0.25, -0.2) is 0 Å². The average molecular weight is 162 g/mol. The third-order valence-electron chi connectivity index (χ3n) is 1.41. The van der Waals surface area contributed by atoms with Crippen LogP contribution in [0.2, 0.25) is 0 Å². The lowest BCUT2D eigenvalue weighted by Crippen LogP contribution is -1.80. The molecule has 0 saturated heterocycles. The Balaban J connectivity index is 3.12. The Morgan fingerprint density at radius 2 is 2.27 bits per heavy atom. The number of nitriles is 1. The molecule has 11 heavy (non-hydrogen) atoms. The van der Waals surface area contributed by atoms with Crippen LogP contribution in [0.5, 0.6) is 0 Å². The van der Waals surface area contributed by atoms with Gasteiger partial charge in [-0.3, -0.25) is 0 Å². The Hall–Kier alpha value is -0.940. The zero-order chi connectivity index (χ0) is 8.27. The lowest BCUT2D eigenvalue weighted by Gasteiger charge is -2.00. The maximum absolute atomic E-state index is 8.54. The Bertz CT molecular complexity index is 299. The van der Waals surface area contributed by atoms with E-state index in [1.807, 2.05) is 12.3 Å². The third kappa shape index (κ3) is 1.75. The van der Waals surface area contributed by atoms with Crippen molar-refractivity contribution in [2.75, 3.05) is 6.26 Å². The van der Waals surface area contributed by atoms with E-state index in [-0.39, 0.29) is 0 Å². The highest BCUT2D eigenvalue weighted by molar-refractivity contribution is 7.98. The van der Waals surface area contributed by atoms with Gasteiger partial charge in [0.15, 0.2) is 0 Å². The second-order valence-corrected chi connectivity index (χ2v) is 2.99. The van der Waals surface area contributed by atoms with E-state index in [1.165, 1.54) is 0 Å². The van der Waals surface area contributed by atoms with E-state index in [0.29, 0.717) is 5.56 Å². The quantitative estimate of drug-likeness (QED) is 0.592. The van der Waals surface area contributed by atoms with Crippen LogP contribution < -0.4 is 0 Å². The van der Waals surface area contributed by atoms with E-state index >= 15 is 0 Å². The molecule has 0 atom stereocenters. The Kier molecular flexibility index (Phi) is 2.56. The maximum atomic E-state index is 8.54. The molecule has 0 N–H and O–H groups in total. The van der Waals surface area contributed by atoms with Crippen LogP contribution in [0.15, 0.2) is 23.1 Å². The summed E-state index contributed by atoms with van der Waals surface area (Å²) in [6, 6.07) is 7.60. The standard InChI is InChI=1S/C9H8NS/c1-7-5-8(6-10)3-4-9(7)11-2/h3-5H,1H2,2H3. The topological polar surface area (TPSA) is 23.8 Å². The summed E-state index contributed by atoms with van der Waals surface area (Å²) in [4.78, 5) is 1.13. The molecule has 1 radical (unpaired) electrons. The molecule has 1 nitrogen and oxygen atoms in total. The fraction of sp³-hybridized carbons (Fsp3) is 0.111. The first-order valence-electron chi connectivity index (χ1n) is 3.18. The van der Waals surface area contributed by atoms with E-state index in [4.69, 9.17) is 5.26 Å². The molecule has 1 aromatic rings. The van der Waals surface area contributed by atoms with Crippen LogP contribution in [0, 0.1) is 18.3 Å². The van der Waals surface area contributed by atoms with Crippen LogP contribution in [0.4, 0.5) is 0 Å². The molecule has 1 aromatic carbocycles. The lowest BCUT2D eigenvalue weighted by atomic mass is 10.2. The van der Waals surface area contributed by atoms with E-state index < -0.39 is 0 Å². The Morgan fingerprint density at radius 1 is 1.55 bits per heavy atom. The predicted octanol–water partition coefficient (Wildman–Crippen LogP) is 2.46. The fourth-order valence-corrected chi connectivity index (χ4v) is 1.37. The smallest absolute Gasteiger partial charge is 0.0991 e. The van der Waals surface area contributed by atoms with Crippen molar-refractivity contribution in [1.29, 1.82) is 5.26 Å². The molecular weight excluding hydrogens is 154 g/mol. The molecule has 0 bridgehead atoms. The van der Waals surface area contributed by atoms with Gasteiger partial charge in [0.25, 0.3) is 0 Å². The van der Waals surface area contributed by atoms with Gasteiger partial charge in [-0.15, -0.1) is 11.8 Å². The van der Waals surface area contributed by atoms with Crippen molar-refractivity contribution >= 4 is 11.8 Å². The number of hydrogen-bond donors (Lipinski definition) is 0. The van der Waals surface area contributed by atoms with Gasteiger partial charge in [-0.05, 0) is 36.9 Å². The van der Waals surface area contributed by atoms with Crippen molar-refractivity contribution in [2.24, 2.45) is 0 Å². The molecule has 0 aliphatic heterocycles. The van der Waals surface area contributed by atoms with Crippen LogP contribution in [0.1, 0.15) is 11.1 Å². The molecule has 0 unspecified atom stereocenters. The van der Waals surface area contributed by atoms with E-state index in [0.717, 1.165) is 10.5 Å². The molecule has 2 heteroatoms. The van der Waals surface area contributed by atoms with Gasteiger partial charge in [0.1, 0.15) is 0 Å². The van der Waals surface area contributed by atoms with Gasteiger partial charge in [-0.1, -0.05) is 0 Å². The molecule has 0 aliphatic carbocycles. The average Bonchev–Trinajstić information content (AvgIpc) is 2.04. The third-order valence-corrected chi connectivity index (χ3v) is 2.25. The summed E-state index contributed by atoms with van der Waals surface area (Å²) in [5, 5.41) is 8.54. The van der Waals surface area contributed by atoms with Gasteiger partial charge in [0.05, 0.1) is 11.6 Å². The first-order chi connectivity index (χ1) is 5.27. The molecule has 0 amide bonds. The van der Waals surface area contributed by atoms with Gasteiger partial charge >= 0.3 is 0 Å². The molecule has 1 rings (SSSR count). The van der Waals surface area contributed by atoms with Crippen LogP contribution >= 0.6 is 11.8 Å². The highest BCUT2D eigenvalue weighted by Crippen LogP contribution is 2.19. The zero-order valence-electron chi connectivity index (χ0n) is 6.29. The number of hydrogen-bond acceptors (Lipinski definition) is 2. The largest absolute Gasteiger partial charge is 0.192 e. The fourth-order valence-electron chi connectivity index (χ4n) is 0.848.